The summed E-state index contributed by atoms with van der Waals surface area (Å²) in [7, 11) is 1.64. The maximum absolute atomic E-state index is 13.5. The second kappa shape index (κ2) is 10.1. The van der Waals surface area contributed by atoms with Crippen LogP contribution in [-0.2, 0) is 4.79 Å². The van der Waals surface area contributed by atoms with Gasteiger partial charge in [0.1, 0.15) is 5.75 Å². The molecule has 3 aromatic rings. The second-order valence-electron chi connectivity index (χ2n) is 8.84. The van der Waals surface area contributed by atoms with E-state index >= 15 is 0 Å². The van der Waals surface area contributed by atoms with Crippen LogP contribution in [0.3, 0.4) is 0 Å². The lowest BCUT2D eigenvalue weighted by Crippen LogP contribution is -3.15. The molecule has 35 heavy (non-hydrogen) atoms. The summed E-state index contributed by atoms with van der Waals surface area (Å²) < 4.78 is 10.5. The van der Waals surface area contributed by atoms with Crippen molar-refractivity contribution in [3.05, 3.63) is 89.9 Å². The molecule has 2 amide bonds. The minimum Gasteiger partial charge on any atom is -0.497 e. The van der Waals surface area contributed by atoms with Crippen molar-refractivity contribution in [3.8, 4) is 5.75 Å². The van der Waals surface area contributed by atoms with E-state index in [0.717, 1.165) is 27.5 Å². The molecule has 8 heteroatoms. The molecule has 5 rings (SSSR count). The zero-order chi connectivity index (χ0) is 24.2. The van der Waals surface area contributed by atoms with Gasteiger partial charge in [-0.3, -0.25) is 9.59 Å². The number of hydrazone groups is 1. The smallest absolute Gasteiger partial charge is 0.298 e. The zero-order valence-electron chi connectivity index (χ0n) is 19.7. The average Bonchev–Trinajstić information content (AvgIpc) is 3.60. The molecule has 0 radical (unpaired) electrons. The van der Waals surface area contributed by atoms with E-state index in [9.17, 15) is 9.59 Å². The second-order valence-corrected chi connectivity index (χ2v) is 8.84. The van der Waals surface area contributed by atoms with Gasteiger partial charge in [-0.1, -0.05) is 42.5 Å². The lowest BCUT2D eigenvalue weighted by molar-refractivity contribution is -0.896. The molecule has 0 aliphatic carbocycles. The first-order valence-corrected chi connectivity index (χ1v) is 11.9. The maximum atomic E-state index is 13.5. The fourth-order valence-electron chi connectivity index (χ4n) is 4.68. The highest BCUT2D eigenvalue weighted by molar-refractivity contribution is 6.03. The van der Waals surface area contributed by atoms with Crippen molar-refractivity contribution in [3.63, 3.8) is 0 Å². The largest absolute Gasteiger partial charge is 0.497 e. The predicted molar refractivity (Wildman–Crippen MR) is 130 cm³/mol. The summed E-state index contributed by atoms with van der Waals surface area (Å²) in [5.41, 5.74) is 2.96. The number of carbonyl (C=O) groups is 2. The highest BCUT2D eigenvalue weighted by Gasteiger charge is 2.36. The molecule has 8 nitrogen and oxygen atoms in total. The minimum absolute atomic E-state index is 0.0161. The third-order valence-electron chi connectivity index (χ3n) is 6.66. The van der Waals surface area contributed by atoms with Gasteiger partial charge in [-0.25, -0.2) is 5.01 Å². The Bertz CT molecular complexity index is 1180. The number of nitrogens with zero attached hydrogens (tertiary/aromatic N) is 3. The fraction of sp³-hybridized carbons (Fsp3) is 0.296. The van der Waals surface area contributed by atoms with Gasteiger partial charge in [0, 0.05) is 6.42 Å². The summed E-state index contributed by atoms with van der Waals surface area (Å²) in [6, 6.07) is 21.1. The number of ether oxygens (including phenoxy) is 1. The lowest BCUT2D eigenvalue weighted by atomic mass is 9.98. The fourth-order valence-corrected chi connectivity index (χ4v) is 4.68. The van der Waals surface area contributed by atoms with Crippen molar-refractivity contribution in [2.75, 3.05) is 39.8 Å². The van der Waals surface area contributed by atoms with Gasteiger partial charge in [-0.05, 0) is 35.4 Å². The van der Waals surface area contributed by atoms with E-state index in [2.05, 4.69) is 0 Å². The summed E-state index contributed by atoms with van der Waals surface area (Å²) >= 11 is 0. The lowest BCUT2D eigenvalue weighted by Gasteiger charge is -2.32. The SMILES string of the molecule is COc1ccc(C2CC(c3ccccc3)=NN2C(=O)C[NH+]2CCN(C(=O)c3ccco3)CC2)cc1. The molecule has 0 saturated carbocycles. The van der Waals surface area contributed by atoms with Crippen molar-refractivity contribution >= 4 is 17.5 Å². The number of quaternary nitrogens is 1. The number of rotatable bonds is 6. The molecule has 180 valence electrons. The Balaban J connectivity index is 1.28. The van der Waals surface area contributed by atoms with Gasteiger partial charge in [-0.15, -0.1) is 0 Å². The van der Waals surface area contributed by atoms with E-state index in [4.69, 9.17) is 14.3 Å². The van der Waals surface area contributed by atoms with Crippen LogP contribution in [-0.4, -0.2) is 67.3 Å². The molecule has 1 atom stereocenters. The van der Waals surface area contributed by atoms with Crippen LogP contribution in [0.2, 0.25) is 0 Å². The van der Waals surface area contributed by atoms with Gasteiger partial charge in [0.15, 0.2) is 12.3 Å². The maximum Gasteiger partial charge on any atom is 0.298 e. The van der Waals surface area contributed by atoms with E-state index in [1.54, 1.807) is 29.2 Å². The van der Waals surface area contributed by atoms with Crippen molar-refractivity contribution in [2.45, 2.75) is 12.5 Å². The summed E-state index contributed by atoms with van der Waals surface area (Å²) in [6.07, 6.45) is 2.16. The highest BCUT2D eigenvalue weighted by Crippen LogP contribution is 2.33. The van der Waals surface area contributed by atoms with Crippen LogP contribution < -0.4 is 9.64 Å². The summed E-state index contributed by atoms with van der Waals surface area (Å²) in [6.45, 7) is 2.91. The van der Waals surface area contributed by atoms with Crippen molar-refractivity contribution < 1.29 is 23.6 Å². The third kappa shape index (κ3) is 4.97. The van der Waals surface area contributed by atoms with Crippen molar-refractivity contribution in [2.24, 2.45) is 5.10 Å². The number of benzene rings is 2. The van der Waals surface area contributed by atoms with Gasteiger partial charge in [0.05, 0.1) is 51.3 Å². The van der Waals surface area contributed by atoms with Gasteiger partial charge in [0.25, 0.3) is 11.8 Å². The number of carbonyl (C=O) groups excluding carboxylic acids is 2. The van der Waals surface area contributed by atoms with Gasteiger partial charge in [0.2, 0.25) is 0 Å². The van der Waals surface area contributed by atoms with Gasteiger partial charge >= 0.3 is 0 Å². The average molecular weight is 474 g/mol. The Kier molecular flexibility index (Phi) is 6.63. The van der Waals surface area contributed by atoms with Gasteiger partial charge in [-0.2, -0.15) is 5.10 Å². The highest BCUT2D eigenvalue weighted by atomic mass is 16.5. The predicted octanol–water partition coefficient (Wildman–Crippen LogP) is 2.01. The van der Waals surface area contributed by atoms with Crippen molar-refractivity contribution in [1.82, 2.24) is 9.91 Å². The molecule has 0 bridgehead atoms. The molecule has 3 heterocycles. The number of nitrogens with one attached hydrogen (secondary N) is 1. The van der Waals surface area contributed by atoms with Crippen LogP contribution in [0, 0.1) is 0 Å². The number of methoxy groups -OCH3 is 1. The number of piperazine rings is 1. The molecule has 1 saturated heterocycles. The Morgan fingerprint density at radius 3 is 2.43 bits per heavy atom. The number of hydrogen-bond acceptors (Lipinski definition) is 5. The van der Waals surface area contributed by atoms with Crippen LogP contribution in [0.15, 0.2) is 82.5 Å². The first kappa shape index (κ1) is 22.9. The van der Waals surface area contributed by atoms with Crippen LogP contribution >= 0.6 is 0 Å². The molecular formula is C27H29N4O4+. The first-order valence-electron chi connectivity index (χ1n) is 11.9. The Labute approximate surface area is 204 Å². The molecule has 2 aliphatic rings. The van der Waals surface area contributed by atoms with E-state index in [0.29, 0.717) is 44.9 Å². The summed E-state index contributed by atoms with van der Waals surface area (Å²) in [4.78, 5) is 28.9. The molecule has 0 spiro atoms. The normalized spacial score (nSPS) is 18.4. The third-order valence-corrected chi connectivity index (χ3v) is 6.66. The van der Waals surface area contributed by atoms with E-state index in [-0.39, 0.29) is 17.9 Å². The molecule has 2 aromatic carbocycles. The molecule has 1 fully saturated rings. The standard InChI is InChI=1S/C27H28N4O4/c1-34-22-11-9-21(10-12-22)24-18-23(20-6-3-2-4-7-20)28-31(24)26(32)19-29-13-15-30(16-14-29)27(33)25-8-5-17-35-25/h2-12,17,24H,13-16,18-19H2,1H3/p+1. The van der Waals surface area contributed by atoms with Gasteiger partial charge < -0.3 is 19.0 Å². The van der Waals surface area contributed by atoms with Crippen LogP contribution in [0.4, 0.5) is 0 Å². The van der Waals surface area contributed by atoms with Crippen LogP contribution in [0.5, 0.6) is 5.75 Å². The van der Waals surface area contributed by atoms with Crippen LogP contribution in [0.25, 0.3) is 0 Å². The molecule has 1 unspecified atom stereocenters. The number of furan rings is 1. The Hall–Kier alpha value is -3.91. The van der Waals surface area contributed by atoms with Crippen LogP contribution in [0.1, 0.15) is 34.1 Å². The summed E-state index contributed by atoms with van der Waals surface area (Å²) in [5.74, 6) is 1.01. The topological polar surface area (TPSA) is 79.8 Å². The van der Waals surface area contributed by atoms with E-state index in [1.807, 2.05) is 54.6 Å². The first-order chi connectivity index (χ1) is 17.1. The molecule has 2 aliphatic heterocycles. The Morgan fingerprint density at radius 2 is 1.77 bits per heavy atom. The zero-order valence-corrected chi connectivity index (χ0v) is 19.7. The monoisotopic (exact) mass is 473 g/mol. The Morgan fingerprint density at radius 1 is 1.03 bits per heavy atom. The van der Waals surface area contributed by atoms with Crippen molar-refractivity contribution in [1.29, 1.82) is 0 Å². The number of amides is 2. The minimum atomic E-state index is -0.162. The molecule has 1 N–H and O–H groups in total. The van der Waals surface area contributed by atoms with E-state index < -0.39 is 0 Å². The number of hydrogen-bond donors (Lipinski definition) is 1. The van der Waals surface area contributed by atoms with E-state index in [1.165, 1.54) is 6.26 Å². The molecule has 1 aromatic heterocycles. The summed E-state index contributed by atoms with van der Waals surface area (Å²) in [5, 5.41) is 6.43. The molecular weight excluding hydrogens is 444 g/mol. The quantitative estimate of drug-likeness (QED) is 0.594.